The van der Waals surface area contributed by atoms with Gasteiger partial charge in [0.05, 0.1) is 16.1 Å². The van der Waals surface area contributed by atoms with E-state index in [9.17, 15) is 4.79 Å². The molecule has 3 rings (SSSR count). The highest BCUT2D eigenvalue weighted by atomic mass is 35.5. The number of likely N-dealkylation sites (N-methyl/N-ethyl adjacent to an activating group) is 1. The zero-order valence-corrected chi connectivity index (χ0v) is 17.2. The lowest BCUT2D eigenvalue weighted by atomic mass is 10.1. The molecular formula is C21H25Cl2N3O. The molecule has 2 aromatic carbocycles. The first kappa shape index (κ1) is 20.0. The fraction of sp³-hybridized carbons (Fsp3) is 0.381. The van der Waals surface area contributed by atoms with E-state index in [1.165, 1.54) is 5.69 Å². The maximum absolute atomic E-state index is 12.9. The van der Waals surface area contributed by atoms with Crippen LogP contribution in [-0.2, 0) is 11.3 Å². The number of carbonyl (C=O) groups is 1. The van der Waals surface area contributed by atoms with Crippen molar-refractivity contribution in [3.63, 3.8) is 0 Å². The van der Waals surface area contributed by atoms with E-state index < -0.39 is 0 Å². The summed E-state index contributed by atoms with van der Waals surface area (Å²) in [5, 5.41) is 1.10. The Labute approximate surface area is 171 Å². The van der Waals surface area contributed by atoms with Gasteiger partial charge in [-0.25, -0.2) is 0 Å². The number of hydrogen-bond donors (Lipinski definition) is 0. The predicted octanol–water partition coefficient (Wildman–Crippen LogP) is 4.16. The van der Waals surface area contributed by atoms with E-state index in [0.29, 0.717) is 16.6 Å². The third kappa shape index (κ3) is 4.75. The van der Waals surface area contributed by atoms with Crippen LogP contribution < -0.4 is 4.90 Å². The third-order valence-corrected chi connectivity index (χ3v) is 6.04. The van der Waals surface area contributed by atoms with Gasteiger partial charge in [0.2, 0.25) is 5.91 Å². The van der Waals surface area contributed by atoms with Crippen molar-refractivity contribution < 1.29 is 4.79 Å². The van der Waals surface area contributed by atoms with E-state index in [4.69, 9.17) is 23.2 Å². The van der Waals surface area contributed by atoms with Crippen LogP contribution >= 0.6 is 23.2 Å². The van der Waals surface area contributed by atoms with Gasteiger partial charge in [-0.2, -0.15) is 0 Å². The number of anilines is 1. The Hall–Kier alpha value is -1.75. The molecule has 1 saturated heterocycles. The minimum Gasteiger partial charge on any atom is -0.368 e. The maximum Gasteiger partial charge on any atom is 0.239 e. The zero-order chi connectivity index (χ0) is 19.4. The van der Waals surface area contributed by atoms with Crippen LogP contribution in [-0.4, -0.2) is 55.0 Å². The van der Waals surface area contributed by atoms with Gasteiger partial charge < -0.3 is 9.80 Å². The van der Waals surface area contributed by atoms with Gasteiger partial charge >= 0.3 is 0 Å². The summed E-state index contributed by atoms with van der Waals surface area (Å²) in [6.45, 7) is 5.72. The summed E-state index contributed by atoms with van der Waals surface area (Å²) in [5.74, 6) is 0.156. The number of piperazine rings is 1. The molecule has 1 aliphatic rings. The van der Waals surface area contributed by atoms with Crippen LogP contribution in [0.5, 0.6) is 0 Å². The van der Waals surface area contributed by atoms with E-state index in [0.717, 1.165) is 31.7 Å². The number of amides is 1. The Bertz CT molecular complexity index is 776. The number of nitrogens with zero attached hydrogens (tertiary/aromatic N) is 3. The van der Waals surface area contributed by atoms with E-state index >= 15 is 0 Å². The number of benzene rings is 2. The van der Waals surface area contributed by atoms with Crippen LogP contribution in [0.25, 0.3) is 0 Å². The van der Waals surface area contributed by atoms with Crippen molar-refractivity contribution >= 4 is 34.8 Å². The molecular weight excluding hydrogens is 381 g/mol. The molecule has 144 valence electrons. The molecule has 1 atom stereocenters. The van der Waals surface area contributed by atoms with E-state index in [2.05, 4.69) is 17.0 Å². The molecule has 1 amide bonds. The highest BCUT2D eigenvalue weighted by Gasteiger charge is 2.27. The Morgan fingerprint density at radius 1 is 1.04 bits per heavy atom. The molecule has 0 radical (unpaired) electrons. The van der Waals surface area contributed by atoms with Crippen molar-refractivity contribution in [3.05, 3.63) is 64.1 Å². The average Bonchev–Trinajstić information content (AvgIpc) is 2.71. The molecule has 4 nitrogen and oxygen atoms in total. The lowest BCUT2D eigenvalue weighted by Gasteiger charge is -2.38. The Balaban J connectivity index is 1.56. The van der Waals surface area contributed by atoms with E-state index in [1.807, 2.05) is 54.1 Å². The molecule has 6 heteroatoms. The summed E-state index contributed by atoms with van der Waals surface area (Å²) in [6, 6.07) is 15.7. The number of rotatable bonds is 5. The quantitative estimate of drug-likeness (QED) is 0.746. The Kier molecular flexibility index (Phi) is 6.64. The molecule has 1 fully saturated rings. The van der Waals surface area contributed by atoms with Crippen LogP contribution in [0.2, 0.25) is 10.0 Å². The number of para-hydroxylation sites is 1. The van der Waals surface area contributed by atoms with E-state index in [-0.39, 0.29) is 11.9 Å². The lowest BCUT2D eigenvalue weighted by molar-refractivity contribution is -0.136. The second-order valence-corrected chi connectivity index (χ2v) is 7.74. The highest BCUT2D eigenvalue weighted by Crippen LogP contribution is 2.27. The molecule has 1 heterocycles. The summed E-state index contributed by atoms with van der Waals surface area (Å²) in [7, 11) is 1.94. The SMILES string of the molecule is CC(C(=O)N1CCN(c2ccccc2)CC1)N(C)Cc1cccc(Cl)c1Cl. The van der Waals surface area contributed by atoms with Crippen molar-refractivity contribution in [3.8, 4) is 0 Å². The standard InChI is InChI=1S/C21H25Cl2N3O/c1-16(24(2)15-17-7-6-10-19(22)20(17)23)21(27)26-13-11-25(12-14-26)18-8-4-3-5-9-18/h3-10,16H,11-15H2,1-2H3. The molecule has 27 heavy (non-hydrogen) atoms. The topological polar surface area (TPSA) is 26.8 Å². The minimum absolute atomic E-state index is 0.156. The molecule has 0 N–H and O–H groups in total. The van der Waals surface area contributed by atoms with Crippen LogP contribution in [0.1, 0.15) is 12.5 Å². The van der Waals surface area contributed by atoms with Crippen LogP contribution in [0.3, 0.4) is 0 Å². The van der Waals surface area contributed by atoms with Crippen molar-refractivity contribution in [1.82, 2.24) is 9.80 Å². The number of hydrogen-bond acceptors (Lipinski definition) is 3. The molecule has 1 aliphatic heterocycles. The first-order valence-corrected chi connectivity index (χ1v) is 9.95. The second-order valence-electron chi connectivity index (χ2n) is 6.95. The van der Waals surface area contributed by atoms with Crippen molar-refractivity contribution in [2.75, 3.05) is 38.1 Å². The average molecular weight is 406 g/mol. The molecule has 2 aromatic rings. The van der Waals surface area contributed by atoms with Crippen LogP contribution in [0.15, 0.2) is 48.5 Å². The normalized spacial score (nSPS) is 15.9. The maximum atomic E-state index is 12.9. The molecule has 0 aromatic heterocycles. The summed E-state index contributed by atoms with van der Waals surface area (Å²) in [5.41, 5.74) is 2.14. The number of halogens is 2. The molecule has 0 bridgehead atoms. The Morgan fingerprint density at radius 2 is 1.70 bits per heavy atom. The fourth-order valence-corrected chi connectivity index (χ4v) is 3.73. The minimum atomic E-state index is -0.219. The largest absolute Gasteiger partial charge is 0.368 e. The van der Waals surface area contributed by atoms with Gasteiger partial charge in [0, 0.05) is 38.4 Å². The van der Waals surface area contributed by atoms with Gasteiger partial charge in [0.1, 0.15) is 0 Å². The van der Waals surface area contributed by atoms with Crippen LogP contribution in [0, 0.1) is 0 Å². The summed E-state index contributed by atoms with van der Waals surface area (Å²) in [6.07, 6.45) is 0. The van der Waals surface area contributed by atoms with Gasteiger partial charge in [-0.1, -0.05) is 53.5 Å². The summed E-state index contributed by atoms with van der Waals surface area (Å²) >= 11 is 12.4. The lowest BCUT2D eigenvalue weighted by Crippen LogP contribution is -2.53. The summed E-state index contributed by atoms with van der Waals surface area (Å²) < 4.78 is 0. The zero-order valence-electron chi connectivity index (χ0n) is 15.7. The third-order valence-electron chi connectivity index (χ3n) is 5.18. The molecule has 0 saturated carbocycles. The highest BCUT2D eigenvalue weighted by molar-refractivity contribution is 6.42. The Morgan fingerprint density at radius 3 is 2.37 bits per heavy atom. The van der Waals surface area contributed by atoms with Crippen molar-refractivity contribution in [1.29, 1.82) is 0 Å². The monoisotopic (exact) mass is 405 g/mol. The van der Waals surface area contributed by atoms with E-state index in [1.54, 1.807) is 6.07 Å². The van der Waals surface area contributed by atoms with Gasteiger partial charge in [0.25, 0.3) is 0 Å². The molecule has 1 unspecified atom stereocenters. The predicted molar refractivity (Wildman–Crippen MR) is 113 cm³/mol. The smallest absolute Gasteiger partial charge is 0.239 e. The van der Waals surface area contributed by atoms with Gasteiger partial charge in [-0.3, -0.25) is 9.69 Å². The number of carbonyl (C=O) groups excluding carboxylic acids is 1. The first-order chi connectivity index (χ1) is 13.0. The van der Waals surface area contributed by atoms with Crippen molar-refractivity contribution in [2.24, 2.45) is 0 Å². The van der Waals surface area contributed by atoms with Gasteiger partial charge in [-0.05, 0) is 37.7 Å². The molecule has 0 aliphatic carbocycles. The van der Waals surface area contributed by atoms with Gasteiger partial charge in [0.15, 0.2) is 0 Å². The second kappa shape index (κ2) is 8.96. The molecule has 0 spiro atoms. The van der Waals surface area contributed by atoms with Crippen molar-refractivity contribution in [2.45, 2.75) is 19.5 Å². The first-order valence-electron chi connectivity index (χ1n) is 9.19. The van der Waals surface area contributed by atoms with Crippen LogP contribution in [0.4, 0.5) is 5.69 Å². The summed E-state index contributed by atoms with van der Waals surface area (Å²) in [4.78, 5) is 19.2. The van der Waals surface area contributed by atoms with Gasteiger partial charge in [-0.15, -0.1) is 0 Å². The fourth-order valence-electron chi connectivity index (χ4n) is 3.35.